The van der Waals surface area contributed by atoms with Crippen LogP contribution in [0.3, 0.4) is 0 Å². The number of nitrogens with two attached hydrogens (primary N) is 1. The third-order valence-corrected chi connectivity index (χ3v) is 6.21. The van der Waals surface area contributed by atoms with E-state index in [1.165, 1.54) is 11.5 Å². The predicted molar refractivity (Wildman–Crippen MR) is 81.1 cm³/mol. The van der Waals surface area contributed by atoms with Crippen molar-refractivity contribution in [2.45, 2.75) is 43.7 Å². The van der Waals surface area contributed by atoms with Gasteiger partial charge in [-0.1, -0.05) is 20.8 Å². The van der Waals surface area contributed by atoms with Gasteiger partial charge in [0.25, 0.3) is 0 Å². The van der Waals surface area contributed by atoms with Crippen molar-refractivity contribution >= 4 is 23.5 Å². The third kappa shape index (κ3) is 3.00. The van der Waals surface area contributed by atoms with E-state index in [0.29, 0.717) is 23.0 Å². The maximum atomic E-state index is 5.75. The molecule has 2 unspecified atom stereocenters. The topological polar surface area (TPSA) is 51.8 Å². The van der Waals surface area contributed by atoms with Gasteiger partial charge in [0.05, 0.1) is 10.9 Å². The van der Waals surface area contributed by atoms with Gasteiger partial charge in [-0.3, -0.25) is 0 Å². The Morgan fingerprint density at radius 3 is 2.72 bits per heavy atom. The molecule has 5 heteroatoms. The molecule has 1 saturated heterocycles. The lowest BCUT2D eigenvalue weighted by Crippen LogP contribution is -2.19. The first kappa shape index (κ1) is 14.2. The number of hydrogen-bond acceptors (Lipinski definition) is 5. The molecule has 0 bridgehead atoms. The van der Waals surface area contributed by atoms with Crippen LogP contribution in [0.25, 0.3) is 0 Å². The lowest BCUT2D eigenvalue weighted by molar-refractivity contribution is 0.738. The van der Waals surface area contributed by atoms with Crippen molar-refractivity contribution < 1.29 is 0 Å². The van der Waals surface area contributed by atoms with Gasteiger partial charge in [0.1, 0.15) is 5.82 Å². The quantitative estimate of drug-likeness (QED) is 0.924. The Morgan fingerprint density at radius 2 is 2.11 bits per heavy atom. The number of nitrogens with zero attached hydrogens (tertiary/aromatic N) is 2. The Bertz CT molecular complexity index is 409. The number of rotatable bonds is 3. The summed E-state index contributed by atoms with van der Waals surface area (Å²) in [6.45, 7) is 7.13. The smallest absolute Gasteiger partial charge is 0.142 e. The van der Waals surface area contributed by atoms with Gasteiger partial charge >= 0.3 is 0 Å². The molecule has 1 aromatic heterocycles. The molecule has 2 rings (SSSR count). The van der Waals surface area contributed by atoms with Gasteiger partial charge in [-0.15, -0.1) is 11.8 Å². The fraction of sp³-hybridized carbons (Fsp3) is 0.692. The maximum absolute atomic E-state index is 5.75. The molecule has 1 aliphatic rings. The molecule has 2 heterocycles. The number of hydrogen-bond donors (Lipinski definition) is 1. The van der Waals surface area contributed by atoms with Crippen LogP contribution in [-0.2, 0) is 6.54 Å². The van der Waals surface area contributed by atoms with E-state index in [9.17, 15) is 0 Å². The average Bonchev–Trinajstić information content (AvgIpc) is 2.38. The molecule has 0 aromatic carbocycles. The molecule has 0 spiro atoms. The second kappa shape index (κ2) is 6.26. The Balaban J connectivity index is 2.30. The summed E-state index contributed by atoms with van der Waals surface area (Å²) in [5, 5.41) is 1.01. The molecule has 0 amide bonds. The minimum absolute atomic E-state index is 0.404. The van der Waals surface area contributed by atoms with E-state index in [1.807, 2.05) is 29.7 Å². The van der Waals surface area contributed by atoms with Crippen molar-refractivity contribution in [3.8, 4) is 0 Å². The molecule has 2 N–H and O–H groups in total. The monoisotopic (exact) mass is 283 g/mol. The highest BCUT2D eigenvalue weighted by Gasteiger charge is 2.27. The van der Waals surface area contributed by atoms with Crippen molar-refractivity contribution in [1.82, 2.24) is 9.97 Å². The Labute approximate surface area is 118 Å². The van der Waals surface area contributed by atoms with E-state index in [2.05, 4.69) is 25.8 Å². The first-order valence-corrected chi connectivity index (χ1v) is 8.52. The van der Waals surface area contributed by atoms with Crippen molar-refractivity contribution in [2.75, 3.05) is 11.5 Å². The van der Waals surface area contributed by atoms with Crippen LogP contribution < -0.4 is 5.73 Å². The largest absolute Gasteiger partial charge is 0.326 e. The minimum Gasteiger partial charge on any atom is -0.326 e. The van der Waals surface area contributed by atoms with Crippen LogP contribution in [0.1, 0.15) is 49.0 Å². The molecule has 1 fully saturated rings. The summed E-state index contributed by atoms with van der Waals surface area (Å²) in [5.74, 6) is 3.82. The van der Waals surface area contributed by atoms with Gasteiger partial charge in [-0.25, -0.2) is 9.97 Å². The van der Waals surface area contributed by atoms with Crippen molar-refractivity contribution in [3.63, 3.8) is 0 Å². The van der Waals surface area contributed by atoms with E-state index >= 15 is 0 Å². The van der Waals surface area contributed by atoms with Gasteiger partial charge in [0.2, 0.25) is 0 Å². The fourth-order valence-electron chi connectivity index (χ4n) is 2.14. The first-order chi connectivity index (χ1) is 8.63. The standard InChI is InChI=1S/C13H21N3S2/c1-8(2)11-10(6-14)7-15-13(16-11)12-9(3)17-4-5-18-12/h7-9,12H,4-6,14H2,1-3H3. The molecular weight excluding hydrogens is 262 g/mol. The lowest BCUT2D eigenvalue weighted by Gasteiger charge is -2.27. The zero-order valence-electron chi connectivity index (χ0n) is 11.2. The third-order valence-electron chi connectivity index (χ3n) is 3.13. The van der Waals surface area contributed by atoms with Crippen molar-refractivity contribution in [1.29, 1.82) is 0 Å². The van der Waals surface area contributed by atoms with Crippen LogP contribution in [0.4, 0.5) is 0 Å². The van der Waals surface area contributed by atoms with Crippen LogP contribution in [0.5, 0.6) is 0 Å². The van der Waals surface area contributed by atoms with E-state index in [0.717, 1.165) is 17.1 Å². The van der Waals surface area contributed by atoms with Crippen LogP contribution >= 0.6 is 23.5 Å². The van der Waals surface area contributed by atoms with E-state index < -0.39 is 0 Å². The maximum Gasteiger partial charge on any atom is 0.142 e. The van der Waals surface area contributed by atoms with Gasteiger partial charge < -0.3 is 5.73 Å². The molecule has 18 heavy (non-hydrogen) atoms. The Kier molecular flexibility index (Phi) is 4.92. The normalized spacial score (nSPS) is 24.5. The van der Waals surface area contributed by atoms with E-state index in [-0.39, 0.29) is 0 Å². The Hall–Kier alpha value is -0.260. The second-order valence-electron chi connectivity index (χ2n) is 4.86. The zero-order chi connectivity index (χ0) is 13.1. The van der Waals surface area contributed by atoms with E-state index in [4.69, 9.17) is 10.7 Å². The highest BCUT2D eigenvalue weighted by Crippen LogP contribution is 2.41. The summed E-state index contributed by atoms with van der Waals surface area (Å²) >= 11 is 4.00. The second-order valence-corrected chi connectivity index (χ2v) is 7.60. The molecule has 0 aliphatic carbocycles. The lowest BCUT2D eigenvalue weighted by atomic mass is 10.1. The van der Waals surface area contributed by atoms with Crippen LogP contribution in [0.15, 0.2) is 6.20 Å². The van der Waals surface area contributed by atoms with Crippen LogP contribution in [0, 0.1) is 0 Å². The highest BCUT2D eigenvalue weighted by atomic mass is 32.2. The molecule has 1 aliphatic heterocycles. The van der Waals surface area contributed by atoms with Crippen LogP contribution in [-0.4, -0.2) is 26.7 Å². The van der Waals surface area contributed by atoms with Gasteiger partial charge in [-0.2, -0.15) is 11.8 Å². The van der Waals surface area contributed by atoms with Crippen molar-refractivity contribution in [3.05, 3.63) is 23.3 Å². The summed E-state index contributed by atoms with van der Waals surface area (Å²) in [4.78, 5) is 9.33. The molecule has 0 radical (unpaired) electrons. The molecular formula is C13H21N3S2. The Morgan fingerprint density at radius 1 is 1.39 bits per heavy atom. The predicted octanol–water partition coefficient (Wildman–Crippen LogP) is 2.97. The SMILES string of the molecule is CC(C)c1nc(C2SCCSC2C)ncc1CN. The van der Waals surface area contributed by atoms with Gasteiger partial charge in [0.15, 0.2) is 0 Å². The molecule has 3 nitrogen and oxygen atoms in total. The summed E-state index contributed by atoms with van der Waals surface area (Å²) in [6.07, 6.45) is 1.92. The summed E-state index contributed by atoms with van der Waals surface area (Å²) in [5.41, 5.74) is 7.95. The molecule has 1 aromatic rings. The molecule has 0 saturated carbocycles. The summed E-state index contributed by atoms with van der Waals surface area (Å²) in [7, 11) is 0. The molecule has 2 atom stereocenters. The number of aromatic nitrogens is 2. The molecule has 100 valence electrons. The summed E-state index contributed by atoms with van der Waals surface area (Å²) in [6, 6.07) is 0. The van der Waals surface area contributed by atoms with E-state index in [1.54, 1.807) is 0 Å². The first-order valence-electron chi connectivity index (χ1n) is 6.42. The van der Waals surface area contributed by atoms with Gasteiger partial charge in [-0.05, 0) is 5.92 Å². The average molecular weight is 283 g/mol. The minimum atomic E-state index is 0.404. The summed E-state index contributed by atoms with van der Waals surface area (Å²) < 4.78 is 0. The fourth-order valence-corrected chi connectivity index (χ4v) is 4.84. The van der Waals surface area contributed by atoms with Gasteiger partial charge in [0, 0.05) is 35.1 Å². The number of thioether (sulfide) groups is 2. The van der Waals surface area contributed by atoms with Crippen molar-refractivity contribution in [2.24, 2.45) is 5.73 Å². The highest BCUT2D eigenvalue weighted by molar-refractivity contribution is 8.06. The van der Waals surface area contributed by atoms with Crippen LogP contribution in [0.2, 0.25) is 0 Å². The zero-order valence-corrected chi connectivity index (χ0v) is 12.9.